The van der Waals surface area contributed by atoms with Crippen LogP contribution in [0.5, 0.6) is 0 Å². The van der Waals surface area contributed by atoms with Gasteiger partial charge in [0.1, 0.15) is 11.6 Å². The third-order valence-corrected chi connectivity index (χ3v) is 7.30. The van der Waals surface area contributed by atoms with E-state index in [1.165, 1.54) is 22.4 Å². The van der Waals surface area contributed by atoms with E-state index in [0.717, 1.165) is 48.8 Å². The lowest BCUT2D eigenvalue weighted by molar-refractivity contribution is 0.411. The number of hydrogen-bond donors (Lipinski definition) is 0. The Morgan fingerprint density at radius 2 is 1.41 bits per heavy atom. The van der Waals surface area contributed by atoms with Crippen molar-refractivity contribution in [2.45, 2.75) is 52.4 Å². The predicted octanol–water partition coefficient (Wildman–Crippen LogP) is 8.39. The molecule has 37 heavy (non-hydrogen) atoms. The van der Waals surface area contributed by atoms with E-state index in [1.807, 2.05) is 30.3 Å². The molecule has 1 aliphatic carbocycles. The van der Waals surface area contributed by atoms with Gasteiger partial charge in [-0.05, 0) is 102 Å². The molecular formula is C35H30F2. The van der Waals surface area contributed by atoms with Crippen molar-refractivity contribution in [3.8, 4) is 23.7 Å². The molecule has 1 atom stereocenters. The molecule has 5 rings (SSSR count). The van der Waals surface area contributed by atoms with Gasteiger partial charge in [0.25, 0.3) is 0 Å². The summed E-state index contributed by atoms with van der Waals surface area (Å²) in [5.41, 5.74) is 5.17. The smallest absolute Gasteiger partial charge is 0.145 e. The van der Waals surface area contributed by atoms with Gasteiger partial charge in [-0.1, -0.05) is 74.6 Å². The fourth-order valence-electron chi connectivity index (χ4n) is 5.20. The van der Waals surface area contributed by atoms with Crippen molar-refractivity contribution in [1.29, 1.82) is 0 Å². The molecule has 0 bridgehead atoms. The molecule has 0 spiro atoms. The minimum atomic E-state index is -0.565. The zero-order chi connectivity index (χ0) is 25.8. The summed E-state index contributed by atoms with van der Waals surface area (Å²) in [6.07, 6.45) is 5.60. The van der Waals surface area contributed by atoms with Crippen LogP contribution in [-0.2, 0) is 19.3 Å². The molecule has 4 aromatic carbocycles. The molecule has 0 heterocycles. The molecule has 0 fully saturated rings. The molecular weight excluding hydrogens is 458 g/mol. The van der Waals surface area contributed by atoms with Crippen LogP contribution in [0.15, 0.2) is 66.7 Å². The zero-order valence-corrected chi connectivity index (χ0v) is 21.4. The normalized spacial score (nSPS) is 14.3. The van der Waals surface area contributed by atoms with E-state index in [4.69, 9.17) is 0 Å². The number of fused-ring (bicyclic) bond motifs is 2. The number of hydrogen-bond acceptors (Lipinski definition) is 0. The first-order chi connectivity index (χ1) is 18.0. The Kier molecular flexibility index (Phi) is 7.39. The van der Waals surface area contributed by atoms with Crippen LogP contribution in [-0.4, -0.2) is 0 Å². The van der Waals surface area contributed by atoms with Gasteiger partial charge in [0.2, 0.25) is 0 Å². The molecule has 2 heteroatoms. The minimum absolute atomic E-state index is 0.126. The number of aryl methyl sites for hydroxylation is 1. The maximum absolute atomic E-state index is 15.1. The van der Waals surface area contributed by atoms with E-state index in [2.05, 4.69) is 67.9 Å². The number of halogens is 2. The third kappa shape index (κ3) is 5.60. The average molecular weight is 489 g/mol. The highest BCUT2D eigenvalue weighted by atomic mass is 19.1. The number of rotatable bonds is 3. The second kappa shape index (κ2) is 11.0. The molecule has 0 saturated heterocycles. The van der Waals surface area contributed by atoms with Crippen molar-refractivity contribution in [2.24, 2.45) is 5.92 Å². The quantitative estimate of drug-likeness (QED) is 0.254. The van der Waals surface area contributed by atoms with Crippen LogP contribution >= 0.6 is 0 Å². The largest absolute Gasteiger partial charge is 0.206 e. The molecule has 1 unspecified atom stereocenters. The molecule has 184 valence electrons. The Balaban J connectivity index is 1.32. The Hall–Kier alpha value is -3.88. The molecule has 0 aliphatic heterocycles. The van der Waals surface area contributed by atoms with Gasteiger partial charge in [0.15, 0.2) is 0 Å². The molecule has 0 nitrogen and oxygen atoms in total. The SMILES string of the molecule is CCCC1CCc2c(cc(F)c(C#Cc3ccc(C#Cc4ccc5cc(CC)ccc5c4)cc3)c2F)C1. The first-order valence-corrected chi connectivity index (χ1v) is 13.2. The van der Waals surface area contributed by atoms with Crippen molar-refractivity contribution in [2.75, 3.05) is 0 Å². The van der Waals surface area contributed by atoms with Gasteiger partial charge in [-0.15, -0.1) is 0 Å². The summed E-state index contributed by atoms with van der Waals surface area (Å²) in [5, 5.41) is 2.40. The van der Waals surface area contributed by atoms with E-state index >= 15 is 4.39 Å². The van der Waals surface area contributed by atoms with Crippen LogP contribution in [0.3, 0.4) is 0 Å². The predicted molar refractivity (Wildman–Crippen MR) is 149 cm³/mol. The molecule has 0 saturated carbocycles. The van der Waals surface area contributed by atoms with Gasteiger partial charge in [-0.25, -0.2) is 8.78 Å². The van der Waals surface area contributed by atoms with E-state index in [9.17, 15) is 4.39 Å². The maximum Gasteiger partial charge on any atom is 0.145 e. The molecule has 0 N–H and O–H groups in total. The molecule has 1 aliphatic rings. The van der Waals surface area contributed by atoms with Gasteiger partial charge < -0.3 is 0 Å². The van der Waals surface area contributed by atoms with Gasteiger partial charge in [-0.3, -0.25) is 0 Å². The summed E-state index contributed by atoms with van der Waals surface area (Å²) >= 11 is 0. The van der Waals surface area contributed by atoms with Crippen molar-refractivity contribution >= 4 is 10.8 Å². The Morgan fingerprint density at radius 3 is 2.14 bits per heavy atom. The molecule has 0 amide bonds. The zero-order valence-electron chi connectivity index (χ0n) is 21.4. The second-order valence-electron chi connectivity index (χ2n) is 9.91. The first kappa shape index (κ1) is 24.8. The molecule has 0 radical (unpaired) electrons. The Labute approximate surface area is 218 Å². The van der Waals surface area contributed by atoms with Crippen LogP contribution in [0.4, 0.5) is 8.78 Å². The van der Waals surface area contributed by atoms with E-state index in [1.54, 1.807) is 0 Å². The Bertz CT molecular complexity index is 1570. The van der Waals surface area contributed by atoms with E-state index in [-0.39, 0.29) is 5.56 Å². The van der Waals surface area contributed by atoms with Gasteiger partial charge in [0.05, 0.1) is 5.56 Å². The molecule has 4 aromatic rings. The maximum atomic E-state index is 15.1. The topological polar surface area (TPSA) is 0 Å². The summed E-state index contributed by atoms with van der Waals surface area (Å²) in [7, 11) is 0. The van der Waals surface area contributed by atoms with E-state index in [0.29, 0.717) is 23.5 Å². The van der Waals surface area contributed by atoms with E-state index < -0.39 is 11.6 Å². The van der Waals surface area contributed by atoms with Gasteiger partial charge in [-0.2, -0.15) is 0 Å². The fourth-order valence-corrected chi connectivity index (χ4v) is 5.20. The van der Waals surface area contributed by atoms with Crippen molar-refractivity contribution in [1.82, 2.24) is 0 Å². The van der Waals surface area contributed by atoms with Crippen molar-refractivity contribution < 1.29 is 8.78 Å². The van der Waals surface area contributed by atoms with Crippen LogP contribution < -0.4 is 0 Å². The first-order valence-electron chi connectivity index (χ1n) is 13.2. The highest BCUT2D eigenvalue weighted by molar-refractivity contribution is 5.84. The lowest BCUT2D eigenvalue weighted by Crippen LogP contribution is -2.17. The van der Waals surface area contributed by atoms with Crippen LogP contribution in [0.1, 0.15) is 72.1 Å². The van der Waals surface area contributed by atoms with Gasteiger partial charge >= 0.3 is 0 Å². The summed E-state index contributed by atoms with van der Waals surface area (Å²) in [5.74, 6) is 11.6. The summed E-state index contributed by atoms with van der Waals surface area (Å²) < 4.78 is 29.9. The third-order valence-electron chi connectivity index (χ3n) is 7.30. The second-order valence-corrected chi connectivity index (χ2v) is 9.91. The standard InChI is InChI=1S/C35H30F2/c1-3-5-27-15-18-32-31(22-27)23-34(36)33(35(32)37)19-14-26-8-6-25(7-9-26)10-11-28-13-17-29-20-24(4-2)12-16-30(29)21-28/h6-9,12-13,16-17,20-21,23,27H,3-5,15,18,22H2,1-2H3. The lowest BCUT2D eigenvalue weighted by atomic mass is 9.81. The van der Waals surface area contributed by atoms with Crippen LogP contribution in [0.2, 0.25) is 0 Å². The molecule has 0 aromatic heterocycles. The van der Waals surface area contributed by atoms with Crippen LogP contribution in [0, 0.1) is 41.2 Å². The van der Waals surface area contributed by atoms with Crippen molar-refractivity contribution in [3.05, 3.63) is 117 Å². The summed E-state index contributed by atoms with van der Waals surface area (Å²) in [6.45, 7) is 4.31. The van der Waals surface area contributed by atoms with Crippen LogP contribution in [0.25, 0.3) is 10.8 Å². The monoisotopic (exact) mass is 488 g/mol. The fraction of sp³-hybridized carbons (Fsp3) is 0.257. The highest BCUT2D eigenvalue weighted by Gasteiger charge is 2.24. The van der Waals surface area contributed by atoms with Gasteiger partial charge in [0, 0.05) is 16.7 Å². The minimum Gasteiger partial charge on any atom is -0.206 e. The highest BCUT2D eigenvalue weighted by Crippen LogP contribution is 2.32. The lowest BCUT2D eigenvalue weighted by Gasteiger charge is -2.25. The summed E-state index contributed by atoms with van der Waals surface area (Å²) in [4.78, 5) is 0. The number of benzene rings is 4. The van der Waals surface area contributed by atoms with Crippen molar-refractivity contribution in [3.63, 3.8) is 0 Å². The average Bonchev–Trinajstić information content (AvgIpc) is 2.92. The Morgan fingerprint density at radius 1 is 0.757 bits per heavy atom. The summed E-state index contributed by atoms with van der Waals surface area (Å²) in [6, 6.07) is 21.7.